The second-order valence-electron chi connectivity index (χ2n) is 1.50. The normalized spacial score (nSPS) is 11.2. The first-order valence-electron chi connectivity index (χ1n) is 2.20. The minimum Gasteiger partial charge on any atom is -0.395 e. The van der Waals surface area contributed by atoms with E-state index in [9.17, 15) is 8.42 Å². The van der Waals surface area contributed by atoms with Crippen molar-refractivity contribution in [2.75, 3.05) is 13.2 Å². The van der Waals surface area contributed by atoms with Crippen LogP contribution in [0.25, 0.3) is 0 Å². The van der Waals surface area contributed by atoms with Crippen LogP contribution in [0.1, 0.15) is 0 Å². The Kier molecular flexibility index (Phi) is 6.69. The van der Waals surface area contributed by atoms with Crippen LogP contribution >= 0.6 is 0 Å². The van der Waals surface area contributed by atoms with E-state index < -0.39 is 28.6 Å². The molecule has 1 radical (unpaired) electrons. The van der Waals surface area contributed by atoms with Crippen molar-refractivity contribution in [2.24, 2.45) is 0 Å². The molecule has 0 fully saturated rings. The molecule has 57 valence electrons. The second-order valence-corrected chi connectivity index (χ2v) is 3.20. The first-order valence-corrected chi connectivity index (χ1v) is 3.70. The first-order chi connectivity index (χ1) is 4.02. The van der Waals surface area contributed by atoms with Gasteiger partial charge in [-0.2, -0.15) is 8.42 Å². The molecule has 0 saturated heterocycles. The zero-order chi connectivity index (χ0) is 7.49. The van der Waals surface area contributed by atoms with Crippen molar-refractivity contribution in [1.82, 2.24) is 0 Å². The summed E-state index contributed by atoms with van der Waals surface area (Å²) in [7, 11) is -4.27. The molecule has 0 rings (SSSR count). The predicted octanol–water partition coefficient (Wildman–Crippen LogP) is -2.15. The van der Waals surface area contributed by atoms with Gasteiger partial charge in [0.05, 0.1) is 13.2 Å². The third-order valence-corrected chi connectivity index (χ3v) is 1.97. The van der Waals surface area contributed by atoms with Gasteiger partial charge < -0.3 is 10.2 Å². The van der Waals surface area contributed by atoms with Gasteiger partial charge in [-0.3, -0.25) is 4.55 Å². The fraction of sp³-hybridized carbons (Fsp3) is 1.00. The Balaban J connectivity index is 0. The summed E-state index contributed by atoms with van der Waals surface area (Å²) < 4.78 is 28.2. The maximum Gasteiger partial charge on any atom is 0.272 e. The molecule has 0 heterocycles. The van der Waals surface area contributed by atoms with Crippen LogP contribution in [0.15, 0.2) is 0 Å². The van der Waals surface area contributed by atoms with Crippen LogP contribution in [-0.4, -0.2) is 60.5 Å². The molecule has 0 aromatic carbocycles. The average molecular weight is 163 g/mol. The van der Waals surface area contributed by atoms with Crippen molar-refractivity contribution in [2.45, 2.75) is 5.25 Å². The first kappa shape index (κ1) is 13.0. The van der Waals surface area contributed by atoms with Crippen LogP contribution in [-0.2, 0) is 10.1 Å². The Morgan fingerprint density at radius 3 is 1.50 bits per heavy atom. The summed E-state index contributed by atoms with van der Waals surface area (Å²) in [6.07, 6.45) is 0. The van der Waals surface area contributed by atoms with E-state index >= 15 is 0 Å². The van der Waals surface area contributed by atoms with E-state index in [1.165, 1.54) is 0 Å². The summed E-state index contributed by atoms with van der Waals surface area (Å²) in [6.45, 7) is -1.54. The molecule has 0 aromatic rings. The van der Waals surface area contributed by atoms with E-state index in [1.54, 1.807) is 0 Å². The third-order valence-electron chi connectivity index (χ3n) is 0.829. The van der Waals surface area contributed by atoms with Crippen molar-refractivity contribution in [1.29, 1.82) is 0 Å². The van der Waals surface area contributed by atoms with Crippen molar-refractivity contribution < 1.29 is 23.2 Å². The van der Waals surface area contributed by atoms with Gasteiger partial charge in [-0.15, -0.1) is 0 Å². The van der Waals surface area contributed by atoms with E-state index in [2.05, 4.69) is 0 Å². The molecule has 5 nitrogen and oxygen atoms in total. The average Bonchev–Trinajstić information content (AvgIpc) is 1.65. The monoisotopic (exact) mass is 163 g/mol. The molecule has 0 aromatic heterocycles. The molecule has 3 N–H and O–H groups in total. The summed E-state index contributed by atoms with van der Waals surface area (Å²) in [6, 6.07) is 0. The number of rotatable bonds is 3. The van der Waals surface area contributed by atoms with Gasteiger partial charge in [0.25, 0.3) is 10.1 Å². The van der Waals surface area contributed by atoms with Gasteiger partial charge in [0.2, 0.25) is 0 Å². The molecule has 0 spiro atoms. The molecule has 0 amide bonds. The molecule has 0 aliphatic carbocycles. The molecule has 0 saturated carbocycles. The fourth-order valence-electron chi connectivity index (χ4n) is 0.246. The number of hydrogen-bond acceptors (Lipinski definition) is 4. The van der Waals surface area contributed by atoms with E-state index in [1.807, 2.05) is 0 Å². The van der Waals surface area contributed by atoms with Gasteiger partial charge in [-0.05, 0) is 0 Å². The van der Waals surface area contributed by atoms with E-state index in [4.69, 9.17) is 14.8 Å². The zero-order valence-corrected chi connectivity index (χ0v) is 6.37. The molecular weight excluding hydrogens is 155 g/mol. The van der Waals surface area contributed by atoms with Crippen LogP contribution in [0.3, 0.4) is 0 Å². The summed E-state index contributed by atoms with van der Waals surface area (Å²) in [4.78, 5) is 0. The molecule has 10 heavy (non-hydrogen) atoms. The van der Waals surface area contributed by atoms with Gasteiger partial charge in [0, 0.05) is 18.9 Å². The molecule has 0 atom stereocenters. The quantitative estimate of drug-likeness (QED) is 0.325. The molecule has 0 bridgehead atoms. The SMILES string of the molecule is O=S(=O)(O)C(CO)CO.[Li]. The summed E-state index contributed by atoms with van der Waals surface area (Å²) >= 11 is 0. The topological polar surface area (TPSA) is 94.8 Å². The minimum atomic E-state index is -4.27. The fourth-order valence-corrected chi connectivity index (χ4v) is 0.623. The van der Waals surface area contributed by atoms with Crippen molar-refractivity contribution >= 4 is 29.0 Å². The Labute approximate surface area is 71.0 Å². The zero-order valence-electron chi connectivity index (χ0n) is 5.56. The number of aliphatic hydroxyl groups excluding tert-OH is 2. The summed E-state index contributed by atoms with van der Waals surface area (Å²) in [5.41, 5.74) is 0. The number of aliphatic hydroxyl groups is 2. The Hall–Kier alpha value is 0.427. The van der Waals surface area contributed by atoms with Crippen LogP contribution in [0.2, 0.25) is 0 Å². The standard InChI is InChI=1S/C3H8O5S.Li/c4-1-3(2-5)9(6,7)8;/h3-5H,1-2H2,(H,6,7,8);. The maximum absolute atomic E-state index is 10.0. The van der Waals surface area contributed by atoms with Crippen LogP contribution in [0.4, 0.5) is 0 Å². The van der Waals surface area contributed by atoms with E-state index in [-0.39, 0.29) is 18.9 Å². The molecule has 0 aliphatic heterocycles. The molecule has 0 unspecified atom stereocenters. The second kappa shape index (κ2) is 5.13. The van der Waals surface area contributed by atoms with Crippen LogP contribution < -0.4 is 0 Å². The van der Waals surface area contributed by atoms with Gasteiger partial charge in [0.15, 0.2) is 0 Å². The Morgan fingerprint density at radius 1 is 1.20 bits per heavy atom. The van der Waals surface area contributed by atoms with Crippen molar-refractivity contribution in [3.05, 3.63) is 0 Å². The molecular formula is C3H8LiO5S. The van der Waals surface area contributed by atoms with Crippen molar-refractivity contribution in [3.8, 4) is 0 Å². The van der Waals surface area contributed by atoms with Crippen LogP contribution in [0, 0.1) is 0 Å². The van der Waals surface area contributed by atoms with Gasteiger partial charge >= 0.3 is 0 Å². The molecule has 0 aliphatic rings. The van der Waals surface area contributed by atoms with Crippen LogP contribution in [0.5, 0.6) is 0 Å². The Morgan fingerprint density at radius 2 is 1.50 bits per heavy atom. The largest absolute Gasteiger partial charge is 0.395 e. The predicted molar refractivity (Wildman–Crippen MR) is 35.3 cm³/mol. The van der Waals surface area contributed by atoms with Gasteiger partial charge in [-0.1, -0.05) is 0 Å². The van der Waals surface area contributed by atoms with Crippen molar-refractivity contribution in [3.63, 3.8) is 0 Å². The smallest absolute Gasteiger partial charge is 0.272 e. The minimum absolute atomic E-state index is 0. The third kappa shape index (κ3) is 4.28. The van der Waals surface area contributed by atoms with E-state index in [0.29, 0.717) is 0 Å². The van der Waals surface area contributed by atoms with E-state index in [0.717, 1.165) is 0 Å². The number of hydrogen-bond donors (Lipinski definition) is 3. The van der Waals surface area contributed by atoms with Gasteiger partial charge in [0.1, 0.15) is 5.25 Å². The molecule has 7 heteroatoms. The Bertz CT molecular complexity index is 160. The van der Waals surface area contributed by atoms with Gasteiger partial charge in [-0.25, -0.2) is 0 Å². The summed E-state index contributed by atoms with van der Waals surface area (Å²) in [5, 5.41) is 14.9. The maximum atomic E-state index is 10.0. The summed E-state index contributed by atoms with van der Waals surface area (Å²) in [5.74, 6) is 0.